The van der Waals surface area contributed by atoms with Crippen LogP contribution in [0.2, 0.25) is 10.0 Å². The van der Waals surface area contributed by atoms with Crippen molar-refractivity contribution in [1.82, 2.24) is 14.5 Å². The summed E-state index contributed by atoms with van der Waals surface area (Å²) in [5.74, 6) is -0.451. The molecule has 0 saturated carbocycles. The highest BCUT2D eigenvalue weighted by Gasteiger charge is 2.18. The van der Waals surface area contributed by atoms with Crippen LogP contribution >= 0.6 is 23.2 Å². The molecule has 1 N–H and O–H groups in total. The predicted molar refractivity (Wildman–Crippen MR) is 134 cm³/mol. The van der Waals surface area contributed by atoms with Crippen LogP contribution < -0.4 is 15.6 Å². The number of hydrogen-bond donors (Lipinski definition) is 1. The lowest BCUT2D eigenvalue weighted by Crippen LogP contribution is -2.27. The molecule has 0 aliphatic heterocycles. The van der Waals surface area contributed by atoms with Crippen LogP contribution in [0.5, 0.6) is 5.88 Å². The number of amides is 1. The van der Waals surface area contributed by atoms with Crippen LogP contribution in [0.15, 0.2) is 65.8 Å². The molecular formula is C25H18Cl2N4O4. The maximum atomic E-state index is 12.7. The number of pyridine rings is 1. The number of methoxy groups -OCH3 is 1. The van der Waals surface area contributed by atoms with Gasteiger partial charge in [-0.15, -0.1) is 0 Å². The number of aromatic nitrogens is 3. The van der Waals surface area contributed by atoms with Gasteiger partial charge in [0.25, 0.3) is 11.5 Å². The lowest BCUT2D eigenvalue weighted by molar-refractivity contribution is 0.102. The molecule has 1 amide bonds. The average molecular weight is 509 g/mol. The highest BCUT2D eigenvalue weighted by atomic mass is 35.5. The van der Waals surface area contributed by atoms with Gasteiger partial charge in [0.05, 0.1) is 40.4 Å². The number of nitrogens with zero attached hydrogens (tertiary/aromatic N) is 3. The Hall–Kier alpha value is -4.01. The average Bonchev–Trinajstić information content (AvgIpc) is 2.87. The van der Waals surface area contributed by atoms with Crippen molar-refractivity contribution in [1.29, 1.82) is 0 Å². The molecule has 176 valence electrons. The van der Waals surface area contributed by atoms with E-state index >= 15 is 0 Å². The van der Waals surface area contributed by atoms with Gasteiger partial charge in [0, 0.05) is 29.9 Å². The second kappa shape index (κ2) is 10.1. The third-order valence-corrected chi connectivity index (χ3v) is 6.08. The summed E-state index contributed by atoms with van der Waals surface area (Å²) in [6.07, 6.45) is 3.18. The lowest BCUT2D eigenvalue weighted by Gasteiger charge is -2.14. The molecule has 0 aliphatic carbocycles. The minimum Gasteiger partial charge on any atom is -0.480 e. The largest absolute Gasteiger partial charge is 0.480 e. The molecule has 4 aromatic rings. The molecule has 0 fully saturated rings. The molecule has 0 spiro atoms. The Balaban J connectivity index is 1.74. The molecule has 0 bridgehead atoms. The molecular weight excluding hydrogens is 491 g/mol. The summed E-state index contributed by atoms with van der Waals surface area (Å²) in [6, 6.07) is 13.7. The van der Waals surface area contributed by atoms with Crippen molar-refractivity contribution in [3.63, 3.8) is 0 Å². The van der Waals surface area contributed by atoms with Gasteiger partial charge in [0.15, 0.2) is 6.29 Å². The molecule has 4 rings (SSSR count). The summed E-state index contributed by atoms with van der Waals surface area (Å²) in [4.78, 5) is 44.4. The van der Waals surface area contributed by atoms with Crippen molar-refractivity contribution in [2.45, 2.75) is 0 Å². The Morgan fingerprint density at radius 3 is 2.43 bits per heavy atom. The van der Waals surface area contributed by atoms with Gasteiger partial charge in [-0.05, 0) is 18.2 Å². The van der Waals surface area contributed by atoms with Gasteiger partial charge in [-0.2, -0.15) is 0 Å². The number of benzene rings is 2. The zero-order valence-corrected chi connectivity index (χ0v) is 20.1. The highest BCUT2D eigenvalue weighted by Crippen LogP contribution is 2.41. The number of hydrogen-bond acceptors (Lipinski definition) is 6. The van der Waals surface area contributed by atoms with Crippen molar-refractivity contribution in [3.05, 3.63) is 92.6 Å². The number of ether oxygens (including phenoxy) is 1. The zero-order valence-electron chi connectivity index (χ0n) is 18.6. The summed E-state index contributed by atoms with van der Waals surface area (Å²) < 4.78 is 6.41. The van der Waals surface area contributed by atoms with Gasteiger partial charge in [-0.1, -0.05) is 53.5 Å². The second-order valence-corrected chi connectivity index (χ2v) is 8.18. The first-order valence-electron chi connectivity index (χ1n) is 10.3. The Morgan fingerprint density at radius 1 is 1.03 bits per heavy atom. The highest BCUT2D eigenvalue weighted by molar-refractivity contribution is 6.39. The van der Waals surface area contributed by atoms with Crippen molar-refractivity contribution < 1.29 is 14.3 Å². The molecule has 0 unspecified atom stereocenters. The van der Waals surface area contributed by atoms with E-state index in [1.807, 2.05) is 0 Å². The van der Waals surface area contributed by atoms with E-state index in [1.165, 1.54) is 31.2 Å². The normalized spacial score (nSPS) is 10.6. The van der Waals surface area contributed by atoms with Crippen molar-refractivity contribution in [2.24, 2.45) is 7.05 Å². The third kappa shape index (κ3) is 4.66. The van der Waals surface area contributed by atoms with Gasteiger partial charge >= 0.3 is 0 Å². The summed E-state index contributed by atoms with van der Waals surface area (Å²) >= 11 is 13.4. The van der Waals surface area contributed by atoms with Crippen molar-refractivity contribution in [2.75, 3.05) is 12.4 Å². The van der Waals surface area contributed by atoms with E-state index in [-0.39, 0.29) is 16.5 Å². The topological polar surface area (TPSA) is 103 Å². The molecule has 2 aromatic heterocycles. The molecule has 0 aliphatic rings. The van der Waals surface area contributed by atoms with Gasteiger partial charge in [-0.25, -0.2) is 9.97 Å². The van der Waals surface area contributed by atoms with Crippen LogP contribution in [-0.4, -0.2) is 33.8 Å². The van der Waals surface area contributed by atoms with E-state index in [2.05, 4.69) is 15.3 Å². The number of aldehydes is 1. The Morgan fingerprint density at radius 2 is 1.71 bits per heavy atom. The van der Waals surface area contributed by atoms with E-state index in [0.29, 0.717) is 44.9 Å². The van der Waals surface area contributed by atoms with Crippen LogP contribution in [0.4, 0.5) is 5.69 Å². The van der Waals surface area contributed by atoms with E-state index in [9.17, 15) is 14.4 Å². The number of nitrogens with one attached hydrogen (secondary N) is 1. The first kappa shape index (κ1) is 24.1. The molecule has 2 heterocycles. The van der Waals surface area contributed by atoms with Gasteiger partial charge in [0.1, 0.15) is 5.56 Å². The first-order valence-corrected chi connectivity index (χ1v) is 11.0. The molecule has 8 nitrogen and oxygen atoms in total. The molecule has 35 heavy (non-hydrogen) atoms. The summed E-state index contributed by atoms with van der Waals surface area (Å²) in [5.41, 5.74) is 2.29. The number of carbonyl (C=O) groups is 2. The fourth-order valence-corrected chi connectivity index (χ4v) is 4.08. The van der Waals surface area contributed by atoms with Crippen LogP contribution in [0.25, 0.3) is 22.4 Å². The van der Waals surface area contributed by atoms with Crippen molar-refractivity contribution in [3.8, 4) is 28.3 Å². The van der Waals surface area contributed by atoms with Gasteiger partial charge in [0.2, 0.25) is 5.88 Å². The van der Waals surface area contributed by atoms with Crippen LogP contribution in [0, 0.1) is 0 Å². The Bertz CT molecular complexity index is 1520. The molecule has 0 radical (unpaired) electrons. The number of carbonyl (C=O) groups excluding carboxylic acids is 2. The fourth-order valence-electron chi connectivity index (χ4n) is 3.48. The number of anilines is 1. The van der Waals surface area contributed by atoms with E-state index < -0.39 is 11.5 Å². The standard InChI is InChI=1S/C25H18Cl2N4O4/c1-31-13-28-11-18(25(31)34)23(33)29-20-8-4-6-16(22(20)27)15-5-3-7-17(21(15)26)19-10-9-14(12-32)24(30-19)35-2/h3-13H,1-2H3,(H,29,33). The van der Waals surface area contributed by atoms with Gasteiger partial charge < -0.3 is 14.6 Å². The maximum Gasteiger partial charge on any atom is 0.265 e. The second-order valence-electron chi connectivity index (χ2n) is 7.42. The number of aryl methyl sites for hydroxylation is 1. The molecule has 10 heteroatoms. The van der Waals surface area contributed by atoms with E-state index in [0.717, 1.165) is 0 Å². The number of halogens is 2. The number of rotatable bonds is 6. The van der Waals surface area contributed by atoms with Crippen molar-refractivity contribution >= 4 is 41.1 Å². The molecule has 0 saturated heterocycles. The minimum atomic E-state index is -0.635. The summed E-state index contributed by atoms with van der Waals surface area (Å²) in [5, 5.41) is 3.28. The Labute approximate surface area is 210 Å². The third-order valence-electron chi connectivity index (χ3n) is 5.26. The molecule has 2 aromatic carbocycles. The Kier molecular flexibility index (Phi) is 6.95. The van der Waals surface area contributed by atoms with E-state index in [4.69, 9.17) is 27.9 Å². The van der Waals surface area contributed by atoms with E-state index in [1.54, 1.807) is 48.5 Å². The zero-order chi connectivity index (χ0) is 25.1. The SMILES string of the molecule is COc1nc(-c2cccc(-c3cccc(NC(=O)c4cncn(C)c4=O)c3Cl)c2Cl)ccc1C=O. The minimum absolute atomic E-state index is 0.115. The van der Waals surface area contributed by atoms with Crippen LogP contribution in [0.3, 0.4) is 0 Å². The first-order chi connectivity index (χ1) is 16.8. The maximum absolute atomic E-state index is 12.7. The summed E-state index contributed by atoms with van der Waals surface area (Å²) in [7, 11) is 2.93. The smallest absolute Gasteiger partial charge is 0.265 e. The lowest BCUT2D eigenvalue weighted by atomic mass is 10.00. The monoisotopic (exact) mass is 508 g/mol. The fraction of sp³-hybridized carbons (Fsp3) is 0.0800. The van der Waals surface area contributed by atoms with Crippen LogP contribution in [-0.2, 0) is 7.05 Å². The van der Waals surface area contributed by atoms with Crippen LogP contribution in [0.1, 0.15) is 20.7 Å². The quantitative estimate of drug-likeness (QED) is 0.372. The summed E-state index contributed by atoms with van der Waals surface area (Å²) in [6.45, 7) is 0. The molecule has 0 atom stereocenters. The van der Waals surface area contributed by atoms with Gasteiger partial charge in [-0.3, -0.25) is 14.4 Å². The predicted octanol–water partition coefficient (Wildman–Crippen LogP) is 4.89.